The lowest BCUT2D eigenvalue weighted by atomic mass is 9.99. The fourth-order valence-corrected chi connectivity index (χ4v) is 3.99. The first-order valence-corrected chi connectivity index (χ1v) is 9.21. The molecular weight excluding hydrogens is 326 g/mol. The molecule has 2 aliphatic heterocycles. The van der Waals surface area contributed by atoms with Gasteiger partial charge in [0, 0.05) is 12.1 Å². The Labute approximate surface area is 144 Å². The average Bonchev–Trinajstić information content (AvgIpc) is 2.95. The highest BCUT2D eigenvalue weighted by molar-refractivity contribution is 7.22. The van der Waals surface area contributed by atoms with E-state index in [-0.39, 0.29) is 5.91 Å². The molecule has 1 saturated heterocycles. The molecule has 2 aromatic rings. The fraction of sp³-hybridized carbons (Fsp3) is 0.529. The van der Waals surface area contributed by atoms with Crippen molar-refractivity contribution in [1.82, 2.24) is 9.88 Å². The van der Waals surface area contributed by atoms with Gasteiger partial charge in [-0.15, -0.1) is 0 Å². The molecule has 0 unspecified atom stereocenters. The van der Waals surface area contributed by atoms with Crippen molar-refractivity contribution in [2.24, 2.45) is 5.92 Å². The molecule has 0 saturated carbocycles. The van der Waals surface area contributed by atoms with Crippen LogP contribution in [0.1, 0.15) is 19.8 Å². The van der Waals surface area contributed by atoms with E-state index in [1.807, 2.05) is 12.1 Å². The van der Waals surface area contributed by atoms with Gasteiger partial charge in [-0.1, -0.05) is 18.3 Å². The number of amides is 1. The molecule has 1 amide bonds. The molecule has 3 heterocycles. The maximum atomic E-state index is 12.3. The molecule has 6 nitrogen and oxygen atoms in total. The molecule has 2 aliphatic rings. The lowest BCUT2D eigenvalue weighted by Gasteiger charge is -2.29. The second-order valence-electron chi connectivity index (χ2n) is 6.49. The van der Waals surface area contributed by atoms with Crippen molar-refractivity contribution >= 4 is 32.6 Å². The van der Waals surface area contributed by atoms with E-state index in [4.69, 9.17) is 9.47 Å². The van der Waals surface area contributed by atoms with E-state index in [9.17, 15) is 4.79 Å². The third-order valence-corrected chi connectivity index (χ3v) is 5.48. The number of ether oxygens (including phenoxy) is 2. The van der Waals surface area contributed by atoms with Crippen molar-refractivity contribution in [3.63, 3.8) is 0 Å². The van der Waals surface area contributed by atoms with Crippen molar-refractivity contribution in [3.05, 3.63) is 12.1 Å². The van der Waals surface area contributed by atoms with Gasteiger partial charge in [0.15, 0.2) is 16.6 Å². The van der Waals surface area contributed by atoms with Gasteiger partial charge in [0.1, 0.15) is 13.2 Å². The maximum absolute atomic E-state index is 12.3. The van der Waals surface area contributed by atoms with E-state index in [2.05, 4.69) is 22.1 Å². The van der Waals surface area contributed by atoms with E-state index < -0.39 is 0 Å². The van der Waals surface area contributed by atoms with Gasteiger partial charge < -0.3 is 14.8 Å². The first-order chi connectivity index (χ1) is 11.7. The average molecular weight is 347 g/mol. The first-order valence-electron chi connectivity index (χ1n) is 8.40. The van der Waals surface area contributed by atoms with Crippen LogP contribution in [0.5, 0.6) is 11.5 Å². The van der Waals surface area contributed by atoms with Crippen LogP contribution in [0.25, 0.3) is 10.2 Å². The number of rotatable bonds is 3. The van der Waals surface area contributed by atoms with Crippen LogP contribution in [0.15, 0.2) is 12.1 Å². The number of fused-ring (bicyclic) bond motifs is 2. The molecular formula is C17H21N3O3S. The molecule has 0 spiro atoms. The van der Waals surface area contributed by atoms with Gasteiger partial charge >= 0.3 is 0 Å². The summed E-state index contributed by atoms with van der Waals surface area (Å²) < 4.78 is 12.2. The van der Waals surface area contributed by atoms with Crippen LogP contribution < -0.4 is 14.8 Å². The Morgan fingerprint density at radius 3 is 2.75 bits per heavy atom. The topological polar surface area (TPSA) is 63.7 Å². The highest BCUT2D eigenvalue weighted by Gasteiger charge is 2.19. The number of carbonyl (C=O) groups is 1. The lowest BCUT2D eigenvalue weighted by Crippen LogP contribution is -2.38. The first kappa shape index (κ1) is 15.7. The predicted octanol–water partition coefficient (Wildman–Crippen LogP) is 2.74. The third kappa shape index (κ3) is 3.32. The molecule has 1 aromatic carbocycles. The minimum Gasteiger partial charge on any atom is -0.486 e. The number of nitrogens with zero attached hydrogens (tertiary/aromatic N) is 2. The van der Waals surface area contributed by atoms with Crippen LogP contribution in [0.3, 0.4) is 0 Å². The summed E-state index contributed by atoms with van der Waals surface area (Å²) >= 11 is 1.46. The highest BCUT2D eigenvalue weighted by atomic mass is 32.1. The molecule has 4 rings (SSSR count). The quantitative estimate of drug-likeness (QED) is 0.925. The summed E-state index contributed by atoms with van der Waals surface area (Å²) in [5, 5.41) is 3.55. The van der Waals surface area contributed by atoms with Crippen LogP contribution in [-0.4, -0.2) is 48.6 Å². The Kier molecular flexibility index (Phi) is 4.28. The SMILES string of the molecule is CC1CCN(CC(=O)Nc2nc3cc4c(cc3s2)OCCO4)CC1. The number of carbonyl (C=O) groups excluding carboxylic acids is 1. The number of hydrogen-bond acceptors (Lipinski definition) is 6. The Morgan fingerprint density at radius 1 is 1.29 bits per heavy atom. The largest absolute Gasteiger partial charge is 0.486 e. The van der Waals surface area contributed by atoms with Crippen LogP contribution >= 0.6 is 11.3 Å². The summed E-state index contributed by atoms with van der Waals surface area (Å²) in [6, 6.07) is 3.81. The van der Waals surface area contributed by atoms with E-state index in [1.165, 1.54) is 24.2 Å². The molecule has 0 atom stereocenters. The van der Waals surface area contributed by atoms with Crippen molar-refractivity contribution in [3.8, 4) is 11.5 Å². The lowest BCUT2D eigenvalue weighted by molar-refractivity contribution is -0.117. The zero-order chi connectivity index (χ0) is 16.5. The van der Waals surface area contributed by atoms with Gasteiger partial charge in [-0.05, 0) is 31.8 Å². The summed E-state index contributed by atoms with van der Waals surface area (Å²) in [4.78, 5) is 19.0. The number of benzene rings is 1. The van der Waals surface area contributed by atoms with Gasteiger partial charge in [-0.3, -0.25) is 9.69 Å². The maximum Gasteiger partial charge on any atom is 0.240 e. The van der Waals surface area contributed by atoms with Crippen LogP contribution in [0.2, 0.25) is 0 Å². The zero-order valence-corrected chi connectivity index (χ0v) is 14.5. The summed E-state index contributed by atoms with van der Waals surface area (Å²) in [6.07, 6.45) is 2.33. The van der Waals surface area contributed by atoms with Gasteiger partial charge in [-0.25, -0.2) is 4.98 Å². The summed E-state index contributed by atoms with van der Waals surface area (Å²) in [7, 11) is 0. The van der Waals surface area contributed by atoms with Gasteiger partial charge in [-0.2, -0.15) is 0 Å². The fourth-order valence-electron chi connectivity index (χ4n) is 3.10. The monoisotopic (exact) mass is 347 g/mol. The Hall–Kier alpha value is -1.86. The summed E-state index contributed by atoms with van der Waals surface area (Å²) in [5.41, 5.74) is 0.825. The number of anilines is 1. The van der Waals surface area contributed by atoms with Crippen molar-refractivity contribution < 1.29 is 14.3 Å². The van der Waals surface area contributed by atoms with E-state index in [0.717, 1.165) is 40.7 Å². The smallest absolute Gasteiger partial charge is 0.240 e. The Bertz CT molecular complexity index is 710. The summed E-state index contributed by atoms with van der Waals surface area (Å²) in [6.45, 7) is 5.82. The minimum atomic E-state index is 0.000808. The molecule has 7 heteroatoms. The third-order valence-electron chi connectivity index (χ3n) is 4.54. The molecule has 1 fully saturated rings. The molecule has 128 valence electrons. The van der Waals surface area contributed by atoms with Gasteiger partial charge in [0.25, 0.3) is 0 Å². The van der Waals surface area contributed by atoms with Crippen molar-refractivity contribution in [2.75, 3.05) is 38.2 Å². The highest BCUT2D eigenvalue weighted by Crippen LogP contribution is 2.37. The Balaban J connectivity index is 1.43. The number of piperidine rings is 1. The standard InChI is InChI=1S/C17H21N3O3S/c1-11-2-4-20(5-3-11)10-16(21)19-17-18-12-8-13-14(9-15(12)24-17)23-7-6-22-13/h8-9,11H,2-7,10H2,1H3,(H,18,19,21). The number of thiazole rings is 1. The van der Waals surface area contributed by atoms with E-state index >= 15 is 0 Å². The van der Waals surface area contributed by atoms with Gasteiger partial charge in [0.05, 0.1) is 16.8 Å². The van der Waals surface area contributed by atoms with E-state index in [0.29, 0.717) is 24.9 Å². The molecule has 0 aliphatic carbocycles. The summed E-state index contributed by atoms with van der Waals surface area (Å²) in [5.74, 6) is 2.24. The number of likely N-dealkylation sites (tertiary alicyclic amines) is 1. The van der Waals surface area contributed by atoms with Crippen LogP contribution in [0.4, 0.5) is 5.13 Å². The second-order valence-corrected chi connectivity index (χ2v) is 7.52. The molecule has 0 radical (unpaired) electrons. The van der Waals surface area contributed by atoms with Gasteiger partial charge in [0.2, 0.25) is 5.91 Å². The molecule has 0 bridgehead atoms. The second kappa shape index (κ2) is 6.57. The molecule has 1 N–H and O–H groups in total. The van der Waals surface area contributed by atoms with Crippen LogP contribution in [0, 0.1) is 5.92 Å². The van der Waals surface area contributed by atoms with Crippen molar-refractivity contribution in [2.45, 2.75) is 19.8 Å². The minimum absolute atomic E-state index is 0.000808. The van der Waals surface area contributed by atoms with Crippen LogP contribution in [-0.2, 0) is 4.79 Å². The number of hydrogen-bond donors (Lipinski definition) is 1. The number of aromatic nitrogens is 1. The zero-order valence-electron chi connectivity index (χ0n) is 13.7. The number of nitrogens with one attached hydrogen (secondary N) is 1. The predicted molar refractivity (Wildman–Crippen MR) is 94.1 cm³/mol. The van der Waals surface area contributed by atoms with E-state index in [1.54, 1.807) is 0 Å². The van der Waals surface area contributed by atoms with Crippen molar-refractivity contribution in [1.29, 1.82) is 0 Å². The Morgan fingerprint density at radius 2 is 2.00 bits per heavy atom. The molecule has 24 heavy (non-hydrogen) atoms. The molecule has 1 aromatic heterocycles. The normalized spacial score (nSPS) is 18.7.